The number of benzene rings is 1. The number of halogens is 2. The van der Waals surface area contributed by atoms with Crippen molar-refractivity contribution < 1.29 is 4.79 Å². The summed E-state index contributed by atoms with van der Waals surface area (Å²) >= 11 is 10.9. The Morgan fingerprint density at radius 1 is 1.31 bits per heavy atom. The molecule has 0 spiro atoms. The number of hydrogen-bond donors (Lipinski definition) is 0. The lowest BCUT2D eigenvalue weighted by molar-refractivity contribution is 0.108. The molecule has 1 nitrogen and oxygen atoms in total. The van der Waals surface area contributed by atoms with Crippen LogP contribution in [-0.2, 0) is 5.88 Å². The second-order valence-corrected chi connectivity index (χ2v) is 2.68. The highest BCUT2D eigenvalue weighted by atomic mass is 35.5. The summed E-state index contributed by atoms with van der Waals surface area (Å²) in [5, 5.41) is -0.457. The molecule has 0 saturated carbocycles. The minimum absolute atomic E-state index is 0.314. The second kappa shape index (κ2) is 6.93. The SMILES string of the molecule is CC.O=C(Cl)c1ccccc1CCl. The highest BCUT2D eigenvalue weighted by Gasteiger charge is 2.05. The van der Waals surface area contributed by atoms with Crippen LogP contribution >= 0.6 is 23.2 Å². The van der Waals surface area contributed by atoms with E-state index in [1.165, 1.54) is 0 Å². The summed E-state index contributed by atoms with van der Waals surface area (Å²) in [7, 11) is 0. The van der Waals surface area contributed by atoms with E-state index in [0.717, 1.165) is 5.56 Å². The molecule has 0 amide bonds. The Labute approximate surface area is 88.7 Å². The van der Waals surface area contributed by atoms with Crippen LogP contribution in [0.15, 0.2) is 24.3 Å². The molecule has 0 unspecified atom stereocenters. The van der Waals surface area contributed by atoms with Crippen LogP contribution in [0.4, 0.5) is 0 Å². The first-order valence-corrected chi connectivity index (χ1v) is 5.00. The van der Waals surface area contributed by atoms with E-state index >= 15 is 0 Å². The Morgan fingerprint density at radius 3 is 2.23 bits per heavy atom. The highest BCUT2D eigenvalue weighted by Crippen LogP contribution is 2.13. The maximum absolute atomic E-state index is 10.7. The maximum atomic E-state index is 10.7. The summed E-state index contributed by atoms with van der Waals surface area (Å²) in [6.45, 7) is 4.00. The van der Waals surface area contributed by atoms with E-state index < -0.39 is 5.24 Å². The fourth-order valence-electron chi connectivity index (χ4n) is 0.829. The Kier molecular flexibility index (Phi) is 6.65. The Morgan fingerprint density at radius 2 is 1.85 bits per heavy atom. The molecule has 3 heteroatoms. The van der Waals surface area contributed by atoms with Gasteiger partial charge in [-0.3, -0.25) is 4.79 Å². The largest absolute Gasteiger partial charge is 0.276 e. The van der Waals surface area contributed by atoms with E-state index in [-0.39, 0.29) is 0 Å². The fourth-order valence-corrected chi connectivity index (χ4v) is 1.25. The Bertz CT molecular complexity index is 271. The zero-order chi connectivity index (χ0) is 10.3. The van der Waals surface area contributed by atoms with Crippen molar-refractivity contribution in [2.75, 3.05) is 0 Å². The number of rotatable bonds is 2. The van der Waals surface area contributed by atoms with Crippen molar-refractivity contribution in [3.8, 4) is 0 Å². The van der Waals surface area contributed by atoms with Crippen LogP contribution in [0.2, 0.25) is 0 Å². The molecule has 0 aliphatic heterocycles. The summed E-state index contributed by atoms with van der Waals surface area (Å²) in [6.07, 6.45) is 0. The smallest absolute Gasteiger partial charge is 0.252 e. The van der Waals surface area contributed by atoms with Crippen molar-refractivity contribution >= 4 is 28.4 Å². The molecule has 0 bridgehead atoms. The molecule has 0 aliphatic carbocycles. The molecule has 1 aromatic rings. The van der Waals surface area contributed by atoms with Crippen LogP contribution in [-0.4, -0.2) is 5.24 Å². The number of carbonyl (C=O) groups is 1. The Hall–Kier alpha value is -0.530. The fraction of sp³-hybridized carbons (Fsp3) is 0.300. The van der Waals surface area contributed by atoms with Gasteiger partial charge in [0, 0.05) is 11.4 Å². The molecule has 0 aromatic heterocycles. The lowest BCUT2D eigenvalue weighted by Gasteiger charge is -1.99. The van der Waals surface area contributed by atoms with Gasteiger partial charge in [0.1, 0.15) is 0 Å². The highest BCUT2D eigenvalue weighted by molar-refractivity contribution is 6.68. The number of carbonyl (C=O) groups excluding carboxylic acids is 1. The third kappa shape index (κ3) is 3.79. The van der Waals surface area contributed by atoms with Crippen molar-refractivity contribution in [2.45, 2.75) is 19.7 Å². The Balaban J connectivity index is 0.000000671. The van der Waals surface area contributed by atoms with Gasteiger partial charge in [-0.1, -0.05) is 32.0 Å². The molecular formula is C10H12Cl2O. The van der Waals surface area contributed by atoms with E-state index in [1.54, 1.807) is 18.2 Å². The summed E-state index contributed by atoms with van der Waals surface area (Å²) in [6, 6.07) is 7.02. The monoisotopic (exact) mass is 218 g/mol. The van der Waals surface area contributed by atoms with Gasteiger partial charge in [0.25, 0.3) is 5.24 Å². The van der Waals surface area contributed by atoms with E-state index in [0.29, 0.717) is 11.4 Å². The average Bonchev–Trinajstić information content (AvgIpc) is 2.20. The molecule has 0 aliphatic rings. The predicted octanol–water partition coefficient (Wildman–Crippen LogP) is 3.83. The van der Waals surface area contributed by atoms with Gasteiger partial charge in [-0.2, -0.15) is 0 Å². The standard InChI is InChI=1S/C8H6Cl2O.C2H6/c9-5-6-3-1-2-4-7(6)8(10)11;1-2/h1-4H,5H2;1-2H3. The van der Waals surface area contributed by atoms with Crippen LogP contribution in [0.3, 0.4) is 0 Å². The molecular weight excluding hydrogens is 207 g/mol. The van der Waals surface area contributed by atoms with E-state index in [4.69, 9.17) is 23.2 Å². The lowest BCUT2D eigenvalue weighted by Crippen LogP contribution is -1.93. The van der Waals surface area contributed by atoms with Gasteiger partial charge < -0.3 is 0 Å². The van der Waals surface area contributed by atoms with Crippen molar-refractivity contribution in [3.05, 3.63) is 35.4 Å². The third-order valence-corrected chi connectivity index (χ3v) is 1.86. The second-order valence-electron chi connectivity index (χ2n) is 2.06. The maximum Gasteiger partial charge on any atom is 0.252 e. The summed E-state index contributed by atoms with van der Waals surface area (Å²) < 4.78 is 0. The average molecular weight is 219 g/mol. The van der Waals surface area contributed by atoms with Crippen LogP contribution in [0.25, 0.3) is 0 Å². The number of hydrogen-bond acceptors (Lipinski definition) is 1. The molecule has 1 aromatic carbocycles. The zero-order valence-corrected chi connectivity index (χ0v) is 9.19. The van der Waals surface area contributed by atoms with Crippen molar-refractivity contribution in [3.63, 3.8) is 0 Å². The first kappa shape index (κ1) is 12.5. The quantitative estimate of drug-likeness (QED) is 0.545. The molecule has 72 valence electrons. The van der Waals surface area contributed by atoms with Gasteiger partial charge in [-0.05, 0) is 23.2 Å². The molecule has 0 atom stereocenters. The number of alkyl halides is 1. The van der Waals surface area contributed by atoms with Gasteiger partial charge in [-0.25, -0.2) is 0 Å². The minimum atomic E-state index is -0.457. The summed E-state index contributed by atoms with van der Waals surface area (Å²) in [5.74, 6) is 0.314. The molecule has 0 fully saturated rings. The van der Waals surface area contributed by atoms with Gasteiger partial charge in [0.2, 0.25) is 0 Å². The third-order valence-electron chi connectivity index (χ3n) is 1.37. The van der Waals surface area contributed by atoms with E-state index in [2.05, 4.69) is 0 Å². The first-order valence-electron chi connectivity index (χ1n) is 4.09. The van der Waals surface area contributed by atoms with Crippen molar-refractivity contribution in [1.82, 2.24) is 0 Å². The van der Waals surface area contributed by atoms with Crippen LogP contribution in [0.5, 0.6) is 0 Å². The van der Waals surface area contributed by atoms with Gasteiger partial charge >= 0.3 is 0 Å². The van der Waals surface area contributed by atoms with Gasteiger partial charge in [0.15, 0.2) is 0 Å². The summed E-state index contributed by atoms with van der Waals surface area (Å²) in [5.41, 5.74) is 1.26. The van der Waals surface area contributed by atoms with Crippen LogP contribution in [0, 0.1) is 0 Å². The van der Waals surface area contributed by atoms with E-state index in [9.17, 15) is 4.79 Å². The van der Waals surface area contributed by atoms with Crippen LogP contribution in [0.1, 0.15) is 29.8 Å². The topological polar surface area (TPSA) is 17.1 Å². The zero-order valence-electron chi connectivity index (χ0n) is 7.68. The van der Waals surface area contributed by atoms with Crippen molar-refractivity contribution in [1.29, 1.82) is 0 Å². The van der Waals surface area contributed by atoms with Gasteiger partial charge in [0.05, 0.1) is 0 Å². The van der Waals surface area contributed by atoms with Gasteiger partial charge in [-0.15, -0.1) is 11.6 Å². The molecule has 1 rings (SSSR count). The van der Waals surface area contributed by atoms with Crippen LogP contribution < -0.4 is 0 Å². The molecule has 13 heavy (non-hydrogen) atoms. The minimum Gasteiger partial charge on any atom is -0.276 e. The summed E-state index contributed by atoms with van der Waals surface area (Å²) in [4.78, 5) is 10.7. The molecule has 0 saturated heterocycles. The normalized spacial score (nSPS) is 8.62. The lowest BCUT2D eigenvalue weighted by atomic mass is 10.1. The van der Waals surface area contributed by atoms with E-state index in [1.807, 2.05) is 19.9 Å². The first-order chi connectivity index (χ1) is 6.25. The van der Waals surface area contributed by atoms with Crippen molar-refractivity contribution in [2.24, 2.45) is 0 Å². The molecule has 0 N–H and O–H groups in total. The predicted molar refractivity (Wildman–Crippen MR) is 57.5 cm³/mol. The molecule has 0 radical (unpaired) electrons. The molecule has 0 heterocycles.